The molecule has 0 aliphatic carbocycles. The molecule has 1 heterocycles. The summed E-state index contributed by atoms with van der Waals surface area (Å²) in [6, 6.07) is 10.7. The molecule has 3 rings (SSSR count). The average Bonchev–Trinajstić information content (AvgIpc) is 2.71. The monoisotopic (exact) mass is 525 g/mol. The lowest BCUT2D eigenvalue weighted by Gasteiger charge is -2.16. The SMILES string of the molecule is CC(Cn1c(=S)[nH]c2ccc(Br)cc2c1=O)OC(=O)c1ccc(S(=O)(=O)N(C)C)cc1. The second kappa shape index (κ2) is 9.03. The van der Waals surface area contributed by atoms with Crippen LogP contribution in [0.5, 0.6) is 0 Å². The van der Waals surface area contributed by atoms with E-state index < -0.39 is 22.1 Å². The molecule has 1 unspecified atom stereocenters. The number of hydrogen-bond donors (Lipinski definition) is 1. The summed E-state index contributed by atoms with van der Waals surface area (Å²) >= 11 is 8.64. The van der Waals surface area contributed by atoms with E-state index in [0.717, 1.165) is 8.78 Å². The summed E-state index contributed by atoms with van der Waals surface area (Å²) in [5.41, 5.74) is 0.526. The minimum atomic E-state index is -3.59. The van der Waals surface area contributed by atoms with Crippen LogP contribution >= 0.6 is 28.1 Å². The van der Waals surface area contributed by atoms with Crippen LogP contribution < -0.4 is 5.56 Å². The van der Waals surface area contributed by atoms with Gasteiger partial charge in [-0.05, 0) is 61.6 Å². The summed E-state index contributed by atoms with van der Waals surface area (Å²) in [7, 11) is -0.733. The highest BCUT2D eigenvalue weighted by atomic mass is 79.9. The largest absolute Gasteiger partial charge is 0.457 e. The van der Waals surface area contributed by atoms with E-state index in [2.05, 4.69) is 20.9 Å². The fraction of sp³-hybridized carbons (Fsp3) is 0.250. The Morgan fingerprint density at radius 3 is 2.48 bits per heavy atom. The van der Waals surface area contributed by atoms with Crippen LogP contribution in [-0.2, 0) is 21.3 Å². The zero-order valence-electron chi connectivity index (χ0n) is 17.0. The Bertz CT molecular complexity index is 1360. The second-order valence-corrected chi connectivity index (χ2v) is 10.5. The number of halogens is 1. The third-order valence-electron chi connectivity index (χ3n) is 4.56. The Kier molecular flexibility index (Phi) is 6.79. The van der Waals surface area contributed by atoms with Crippen LogP contribution in [0.2, 0.25) is 0 Å². The number of H-pyrrole nitrogens is 1. The molecule has 1 atom stereocenters. The quantitative estimate of drug-likeness (QED) is 0.391. The fourth-order valence-electron chi connectivity index (χ4n) is 2.91. The number of esters is 1. The van der Waals surface area contributed by atoms with Gasteiger partial charge in [0.2, 0.25) is 10.0 Å². The second-order valence-electron chi connectivity index (χ2n) is 7.06. The molecule has 0 saturated heterocycles. The molecule has 0 aliphatic heterocycles. The molecule has 1 aromatic heterocycles. The number of benzene rings is 2. The van der Waals surface area contributed by atoms with Gasteiger partial charge in [-0.15, -0.1) is 0 Å². The Balaban J connectivity index is 1.78. The van der Waals surface area contributed by atoms with E-state index in [1.807, 2.05) is 0 Å². The number of nitrogens with zero attached hydrogens (tertiary/aromatic N) is 2. The molecule has 31 heavy (non-hydrogen) atoms. The number of nitrogens with one attached hydrogen (secondary N) is 1. The smallest absolute Gasteiger partial charge is 0.338 e. The molecule has 3 aromatic rings. The van der Waals surface area contributed by atoms with E-state index in [9.17, 15) is 18.0 Å². The normalized spacial score (nSPS) is 12.8. The molecule has 0 bridgehead atoms. The van der Waals surface area contributed by atoms with Crippen molar-refractivity contribution in [2.45, 2.75) is 24.5 Å². The minimum Gasteiger partial charge on any atom is -0.457 e. The van der Waals surface area contributed by atoms with Crippen LogP contribution in [0, 0.1) is 4.77 Å². The molecule has 0 saturated carbocycles. The minimum absolute atomic E-state index is 0.0649. The van der Waals surface area contributed by atoms with Crippen molar-refractivity contribution in [2.75, 3.05) is 14.1 Å². The maximum Gasteiger partial charge on any atom is 0.338 e. The number of sulfonamides is 1. The number of aromatic amines is 1. The van der Waals surface area contributed by atoms with Crippen LogP contribution in [0.4, 0.5) is 0 Å². The first-order valence-electron chi connectivity index (χ1n) is 9.16. The standard InChI is InChI=1S/C20H20BrN3O5S2/c1-12(11-24-18(25)16-10-14(21)6-9-17(16)22-20(24)30)29-19(26)13-4-7-15(8-5-13)31(27,28)23(2)3/h4-10,12H,11H2,1-3H3,(H,22,30). The molecule has 0 radical (unpaired) electrons. The van der Waals surface area contributed by atoms with E-state index in [0.29, 0.717) is 10.9 Å². The highest BCUT2D eigenvalue weighted by Crippen LogP contribution is 2.17. The van der Waals surface area contributed by atoms with Gasteiger partial charge < -0.3 is 9.72 Å². The van der Waals surface area contributed by atoms with Crippen molar-refractivity contribution in [1.29, 1.82) is 0 Å². The molecule has 0 spiro atoms. The Morgan fingerprint density at radius 2 is 1.87 bits per heavy atom. The predicted molar refractivity (Wildman–Crippen MR) is 123 cm³/mol. The van der Waals surface area contributed by atoms with Gasteiger partial charge in [-0.1, -0.05) is 15.9 Å². The van der Waals surface area contributed by atoms with E-state index in [4.69, 9.17) is 17.0 Å². The zero-order valence-corrected chi connectivity index (χ0v) is 20.2. The molecule has 2 aromatic carbocycles. The molecule has 11 heteroatoms. The van der Waals surface area contributed by atoms with Crippen molar-refractivity contribution < 1.29 is 17.9 Å². The average molecular weight is 526 g/mol. The van der Waals surface area contributed by atoms with Gasteiger partial charge >= 0.3 is 5.97 Å². The molecule has 0 fully saturated rings. The van der Waals surface area contributed by atoms with Crippen LogP contribution in [0.25, 0.3) is 10.9 Å². The van der Waals surface area contributed by atoms with Crippen molar-refractivity contribution in [3.63, 3.8) is 0 Å². The Hall–Kier alpha value is -2.34. The van der Waals surface area contributed by atoms with Crippen molar-refractivity contribution >= 4 is 55.0 Å². The molecule has 0 aliphatic rings. The van der Waals surface area contributed by atoms with Gasteiger partial charge in [-0.3, -0.25) is 9.36 Å². The van der Waals surface area contributed by atoms with Gasteiger partial charge in [-0.2, -0.15) is 0 Å². The van der Waals surface area contributed by atoms with E-state index in [-0.39, 0.29) is 27.3 Å². The van der Waals surface area contributed by atoms with Gasteiger partial charge in [0, 0.05) is 18.6 Å². The van der Waals surface area contributed by atoms with Gasteiger partial charge in [0.25, 0.3) is 5.56 Å². The van der Waals surface area contributed by atoms with Crippen LogP contribution in [-0.4, -0.2) is 48.4 Å². The molecule has 8 nitrogen and oxygen atoms in total. The lowest BCUT2D eigenvalue weighted by molar-refractivity contribution is 0.0302. The van der Waals surface area contributed by atoms with Crippen LogP contribution in [0.1, 0.15) is 17.3 Å². The number of aromatic nitrogens is 2. The van der Waals surface area contributed by atoms with Crippen molar-refractivity contribution in [1.82, 2.24) is 13.9 Å². The number of carbonyl (C=O) groups is 1. The van der Waals surface area contributed by atoms with Gasteiger partial charge in [0.05, 0.1) is 27.9 Å². The lowest BCUT2D eigenvalue weighted by atomic mass is 10.2. The maximum absolute atomic E-state index is 12.8. The number of ether oxygens (including phenoxy) is 1. The third kappa shape index (κ3) is 4.95. The summed E-state index contributed by atoms with van der Waals surface area (Å²) in [6.45, 7) is 1.71. The number of rotatable bonds is 6. The summed E-state index contributed by atoms with van der Waals surface area (Å²) in [5.74, 6) is -0.632. The van der Waals surface area contributed by atoms with Crippen LogP contribution in [0.15, 0.2) is 56.6 Å². The number of fused-ring (bicyclic) bond motifs is 1. The summed E-state index contributed by atoms with van der Waals surface area (Å²) in [6.07, 6.45) is -0.657. The highest BCUT2D eigenvalue weighted by Gasteiger charge is 2.19. The van der Waals surface area contributed by atoms with E-state index in [1.165, 1.54) is 42.9 Å². The third-order valence-corrected chi connectivity index (χ3v) is 7.21. The summed E-state index contributed by atoms with van der Waals surface area (Å²) in [5, 5.41) is 0.458. The lowest BCUT2D eigenvalue weighted by Crippen LogP contribution is -2.29. The van der Waals surface area contributed by atoms with Gasteiger partial charge in [0.15, 0.2) is 4.77 Å². The number of carbonyl (C=O) groups excluding carboxylic acids is 1. The highest BCUT2D eigenvalue weighted by molar-refractivity contribution is 9.10. The molecule has 164 valence electrons. The molecule has 1 N–H and O–H groups in total. The predicted octanol–water partition coefficient (Wildman–Crippen LogP) is 3.32. The van der Waals surface area contributed by atoms with Crippen molar-refractivity contribution in [2.24, 2.45) is 0 Å². The molecule has 0 amide bonds. The van der Waals surface area contributed by atoms with Crippen molar-refractivity contribution in [3.8, 4) is 0 Å². The number of hydrogen-bond acceptors (Lipinski definition) is 6. The molecular weight excluding hydrogens is 506 g/mol. The van der Waals surface area contributed by atoms with Gasteiger partial charge in [0.1, 0.15) is 6.10 Å². The van der Waals surface area contributed by atoms with Crippen molar-refractivity contribution in [3.05, 3.63) is 67.6 Å². The fourth-order valence-corrected chi connectivity index (χ4v) is 4.44. The Morgan fingerprint density at radius 1 is 1.23 bits per heavy atom. The Labute approximate surface area is 192 Å². The van der Waals surface area contributed by atoms with Gasteiger partial charge in [-0.25, -0.2) is 17.5 Å². The first kappa shape index (κ1) is 23.3. The van der Waals surface area contributed by atoms with Crippen LogP contribution in [0.3, 0.4) is 0 Å². The zero-order chi connectivity index (χ0) is 22.9. The topological polar surface area (TPSA) is 101 Å². The van der Waals surface area contributed by atoms with E-state index in [1.54, 1.807) is 25.1 Å². The summed E-state index contributed by atoms with van der Waals surface area (Å²) < 4.78 is 33.1. The van der Waals surface area contributed by atoms with E-state index >= 15 is 0 Å². The summed E-state index contributed by atoms with van der Waals surface area (Å²) in [4.78, 5) is 28.4. The first-order chi connectivity index (χ1) is 14.5. The maximum atomic E-state index is 12.8. The first-order valence-corrected chi connectivity index (χ1v) is 11.8. The molecular formula is C20H20BrN3O5S2.